The van der Waals surface area contributed by atoms with Crippen molar-refractivity contribution in [3.05, 3.63) is 35.8 Å². The third-order valence-corrected chi connectivity index (χ3v) is 6.67. The summed E-state index contributed by atoms with van der Waals surface area (Å²) >= 11 is 0. The Bertz CT molecular complexity index is 859. The summed E-state index contributed by atoms with van der Waals surface area (Å²) in [6.07, 6.45) is 10.5. The van der Waals surface area contributed by atoms with E-state index in [9.17, 15) is 19.2 Å². The first-order valence-electron chi connectivity index (χ1n) is 12.1. The summed E-state index contributed by atoms with van der Waals surface area (Å²) in [7, 11) is 0. The monoisotopic (exact) mass is 473 g/mol. The van der Waals surface area contributed by atoms with E-state index in [1.807, 2.05) is 0 Å². The van der Waals surface area contributed by atoms with Crippen LogP contribution in [0.5, 0.6) is 0 Å². The molecule has 0 aromatic heterocycles. The van der Waals surface area contributed by atoms with Gasteiger partial charge in [0.1, 0.15) is 12.3 Å². The molecule has 0 bridgehead atoms. The zero-order valence-electron chi connectivity index (χ0n) is 19.8. The molecule has 3 N–H and O–H groups in total. The lowest BCUT2D eigenvalue weighted by Gasteiger charge is -2.27. The van der Waals surface area contributed by atoms with E-state index >= 15 is 0 Å². The molecule has 2 aliphatic heterocycles. The van der Waals surface area contributed by atoms with Gasteiger partial charge in [0.15, 0.2) is 11.5 Å². The van der Waals surface area contributed by atoms with E-state index in [1.165, 1.54) is 12.5 Å². The van der Waals surface area contributed by atoms with E-state index in [0.717, 1.165) is 25.7 Å². The molecule has 1 aliphatic carbocycles. The predicted octanol–water partition coefficient (Wildman–Crippen LogP) is 2.00. The maximum atomic E-state index is 13.2. The van der Waals surface area contributed by atoms with E-state index in [1.54, 1.807) is 13.0 Å². The van der Waals surface area contributed by atoms with Crippen LogP contribution in [-0.2, 0) is 28.7 Å². The highest BCUT2D eigenvalue weighted by molar-refractivity contribution is 5.97. The van der Waals surface area contributed by atoms with Crippen LogP contribution in [0.15, 0.2) is 35.8 Å². The van der Waals surface area contributed by atoms with Crippen LogP contribution < -0.4 is 16.0 Å². The van der Waals surface area contributed by atoms with Gasteiger partial charge in [0.2, 0.25) is 24.5 Å². The number of hydrogen-bond donors (Lipinski definition) is 3. The Morgan fingerprint density at radius 1 is 1.12 bits per heavy atom. The maximum absolute atomic E-state index is 13.2. The first-order valence-corrected chi connectivity index (χ1v) is 12.1. The summed E-state index contributed by atoms with van der Waals surface area (Å²) < 4.78 is 10.6. The summed E-state index contributed by atoms with van der Waals surface area (Å²) in [6.45, 7) is 5.93. The molecule has 3 aliphatic rings. The van der Waals surface area contributed by atoms with Crippen LogP contribution in [0.4, 0.5) is 0 Å². The molecule has 9 nitrogen and oxygen atoms in total. The molecule has 0 aromatic carbocycles. The quantitative estimate of drug-likeness (QED) is 0.312. The van der Waals surface area contributed by atoms with Crippen LogP contribution in [-0.4, -0.2) is 49.4 Å². The number of carbonyl (C=O) groups excluding carboxylic acids is 4. The second-order valence-corrected chi connectivity index (χ2v) is 9.20. The number of ether oxygens (including phenoxy) is 2. The van der Waals surface area contributed by atoms with Crippen molar-refractivity contribution >= 4 is 24.0 Å². The highest BCUT2D eigenvalue weighted by Crippen LogP contribution is 2.28. The van der Waals surface area contributed by atoms with Crippen LogP contribution in [0.25, 0.3) is 0 Å². The average molecular weight is 474 g/mol. The number of amides is 3. The normalized spacial score (nSPS) is 22.8. The Kier molecular flexibility index (Phi) is 9.30. The van der Waals surface area contributed by atoms with Gasteiger partial charge in [0.05, 0.1) is 6.04 Å². The minimum Gasteiger partial charge on any atom is -0.454 e. The van der Waals surface area contributed by atoms with Crippen LogP contribution in [0.3, 0.4) is 0 Å². The van der Waals surface area contributed by atoms with E-state index < -0.39 is 23.9 Å². The number of nitrogens with one attached hydrogen (secondary N) is 3. The molecule has 3 rings (SSSR count). The lowest BCUT2D eigenvalue weighted by Crippen LogP contribution is -2.51. The summed E-state index contributed by atoms with van der Waals surface area (Å²) in [5.74, 6) is -0.0200. The molecule has 0 spiro atoms. The summed E-state index contributed by atoms with van der Waals surface area (Å²) in [5, 5.41) is 8.34. The molecule has 0 radical (unpaired) electrons. The van der Waals surface area contributed by atoms with Gasteiger partial charge >= 0.3 is 0 Å². The van der Waals surface area contributed by atoms with Crippen molar-refractivity contribution in [2.24, 2.45) is 11.8 Å². The fourth-order valence-corrected chi connectivity index (χ4v) is 4.70. The Balaban J connectivity index is 1.68. The largest absolute Gasteiger partial charge is 0.454 e. The van der Waals surface area contributed by atoms with Gasteiger partial charge in [-0.3, -0.25) is 14.4 Å². The average Bonchev–Trinajstić information content (AvgIpc) is 3.46. The van der Waals surface area contributed by atoms with Gasteiger partial charge in [0, 0.05) is 18.0 Å². The molecule has 2 heterocycles. The van der Waals surface area contributed by atoms with Gasteiger partial charge in [0.25, 0.3) is 0 Å². The molecule has 3 amide bonds. The second kappa shape index (κ2) is 12.4. The number of aldehydes is 1. The molecule has 1 saturated heterocycles. The van der Waals surface area contributed by atoms with E-state index in [4.69, 9.17) is 9.47 Å². The number of allylic oxidation sites excluding steroid dienone is 2. The predicted molar refractivity (Wildman–Crippen MR) is 125 cm³/mol. The minimum atomic E-state index is -0.785. The van der Waals surface area contributed by atoms with Crippen molar-refractivity contribution in [3.8, 4) is 0 Å². The summed E-state index contributed by atoms with van der Waals surface area (Å²) in [4.78, 5) is 49.6. The number of rotatable bonds is 11. The van der Waals surface area contributed by atoms with Gasteiger partial charge < -0.3 is 30.2 Å². The topological polar surface area (TPSA) is 123 Å². The molecule has 0 unspecified atom stereocenters. The molecule has 0 aromatic rings. The third kappa shape index (κ3) is 6.95. The number of carbonyl (C=O) groups is 4. The number of hydrogen-bond acceptors (Lipinski definition) is 6. The maximum Gasteiger partial charge on any atom is 0.247 e. The van der Waals surface area contributed by atoms with Gasteiger partial charge in [-0.1, -0.05) is 38.7 Å². The molecular formula is C25H35N3O6. The Labute approximate surface area is 200 Å². The molecular weight excluding hydrogens is 438 g/mol. The molecule has 34 heavy (non-hydrogen) atoms. The van der Waals surface area contributed by atoms with Crippen molar-refractivity contribution in [1.82, 2.24) is 16.0 Å². The molecule has 1 saturated carbocycles. The highest BCUT2D eigenvalue weighted by Gasteiger charge is 2.31. The molecule has 2 fully saturated rings. The zero-order chi connectivity index (χ0) is 24.5. The molecule has 3 atom stereocenters. The van der Waals surface area contributed by atoms with Crippen LogP contribution in [0.1, 0.15) is 58.3 Å². The Morgan fingerprint density at radius 2 is 1.85 bits per heavy atom. The SMILES string of the molecule is C=CC1=C(/C=C(\C)C(=O)N[C@@H](CC2CCCCC2)C(=O)N[C@H](C=O)C[C@@H]2CCNC2=O)OCO1. The van der Waals surface area contributed by atoms with Crippen LogP contribution in [0, 0.1) is 11.8 Å². The van der Waals surface area contributed by atoms with Crippen LogP contribution in [0.2, 0.25) is 0 Å². The smallest absolute Gasteiger partial charge is 0.247 e. The second-order valence-electron chi connectivity index (χ2n) is 9.20. The lowest BCUT2D eigenvalue weighted by atomic mass is 9.84. The Morgan fingerprint density at radius 3 is 2.50 bits per heavy atom. The minimum absolute atomic E-state index is 0.0564. The van der Waals surface area contributed by atoms with Crippen LogP contribution >= 0.6 is 0 Å². The first-order chi connectivity index (χ1) is 16.4. The van der Waals surface area contributed by atoms with E-state index in [-0.39, 0.29) is 25.0 Å². The summed E-state index contributed by atoms with van der Waals surface area (Å²) in [5.41, 5.74) is 0.357. The van der Waals surface area contributed by atoms with E-state index in [2.05, 4.69) is 22.5 Å². The van der Waals surface area contributed by atoms with Crippen molar-refractivity contribution < 1.29 is 28.7 Å². The zero-order valence-corrected chi connectivity index (χ0v) is 19.8. The van der Waals surface area contributed by atoms with Crippen molar-refractivity contribution in [2.75, 3.05) is 13.3 Å². The lowest BCUT2D eigenvalue weighted by molar-refractivity contribution is -0.130. The molecule has 9 heteroatoms. The fraction of sp³-hybridized carbons (Fsp3) is 0.600. The first kappa shape index (κ1) is 25.5. The van der Waals surface area contributed by atoms with Crippen molar-refractivity contribution in [3.63, 3.8) is 0 Å². The van der Waals surface area contributed by atoms with Crippen molar-refractivity contribution in [1.29, 1.82) is 0 Å². The standard InChI is InChI=1S/C25H35N3O6/c1-3-21-22(34-15-33-21)11-16(2)23(30)28-20(12-17-7-5-4-6-8-17)25(32)27-19(14-29)13-18-9-10-26-24(18)31/h3,11,14,17-20H,1,4-10,12-13,15H2,2H3,(H,26,31)(H,27,32)(H,28,30)/b16-11+/t18-,19-,20-/m0/s1. The molecule has 186 valence electrons. The van der Waals surface area contributed by atoms with Gasteiger partial charge in [-0.05, 0) is 44.3 Å². The highest BCUT2D eigenvalue weighted by atomic mass is 16.7. The fourth-order valence-electron chi connectivity index (χ4n) is 4.70. The van der Waals surface area contributed by atoms with Crippen molar-refractivity contribution in [2.45, 2.75) is 70.4 Å². The third-order valence-electron chi connectivity index (χ3n) is 6.67. The van der Waals surface area contributed by atoms with Gasteiger partial charge in [-0.2, -0.15) is 0 Å². The Hall–Kier alpha value is -3.10. The van der Waals surface area contributed by atoms with E-state index in [0.29, 0.717) is 48.7 Å². The summed E-state index contributed by atoms with van der Waals surface area (Å²) in [6, 6.07) is -1.57. The van der Waals surface area contributed by atoms with Gasteiger partial charge in [-0.15, -0.1) is 0 Å². The van der Waals surface area contributed by atoms with Gasteiger partial charge in [-0.25, -0.2) is 0 Å².